The zero-order valence-electron chi connectivity index (χ0n) is 13.8. The van der Waals surface area contributed by atoms with Gasteiger partial charge < -0.3 is 5.32 Å². The Balaban J connectivity index is 1.60. The number of carbonyl (C=O) groups excluding carboxylic acids is 2. The maximum atomic E-state index is 12.1. The molecule has 2 N–H and O–H groups in total. The van der Waals surface area contributed by atoms with Gasteiger partial charge in [0.2, 0.25) is 11.9 Å². The Morgan fingerprint density at radius 3 is 3.08 bits per heavy atom. The van der Waals surface area contributed by atoms with Gasteiger partial charge in [-0.15, -0.1) is 17.9 Å². The second-order valence-electron chi connectivity index (χ2n) is 5.93. The molecule has 0 spiro atoms. The molecule has 0 bridgehead atoms. The standard InChI is InChI=1S/C18H20N4O2S/c1-2-3-6-16(23)20-13-7-8-14-12(10-13)11-19-18(21-14)22-17(24)15-5-4-9-25-15/h2,4-5,9,11,13H,1,3,6-8,10H2,(H,20,23)(H,19,21,22,24). The lowest BCUT2D eigenvalue weighted by Crippen LogP contribution is -2.39. The van der Waals surface area contributed by atoms with Crippen LogP contribution in [0.25, 0.3) is 0 Å². The summed E-state index contributed by atoms with van der Waals surface area (Å²) in [5.41, 5.74) is 1.96. The van der Waals surface area contributed by atoms with Gasteiger partial charge in [-0.05, 0) is 42.7 Å². The summed E-state index contributed by atoms with van der Waals surface area (Å²) in [7, 11) is 0. The highest BCUT2D eigenvalue weighted by Gasteiger charge is 2.22. The molecule has 1 atom stereocenters. The van der Waals surface area contributed by atoms with E-state index < -0.39 is 0 Å². The van der Waals surface area contributed by atoms with Crippen LogP contribution in [0.4, 0.5) is 5.95 Å². The monoisotopic (exact) mass is 356 g/mol. The average Bonchev–Trinajstić information content (AvgIpc) is 3.15. The van der Waals surface area contributed by atoms with Crippen LogP contribution in [0, 0.1) is 0 Å². The van der Waals surface area contributed by atoms with Gasteiger partial charge in [-0.25, -0.2) is 9.97 Å². The molecule has 3 rings (SSSR count). The smallest absolute Gasteiger partial charge is 0.268 e. The first-order chi connectivity index (χ1) is 12.2. The number of rotatable bonds is 6. The predicted molar refractivity (Wildman–Crippen MR) is 97.7 cm³/mol. The van der Waals surface area contributed by atoms with Crippen LogP contribution in [-0.4, -0.2) is 27.8 Å². The highest BCUT2D eigenvalue weighted by atomic mass is 32.1. The molecule has 2 aromatic rings. The van der Waals surface area contributed by atoms with Gasteiger partial charge in [0.05, 0.1) is 4.88 Å². The molecule has 0 saturated carbocycles. The molecule has 2 aromatic heterocycles. The quantitative estimate of drug-likeness (QED) is 0.780. The molecule has 1 aliphatic rings. The Labute approximate surface area is 150 Å². The number of hydrogen-bond donors (Lipinski definition) is 2. The third-order valence-corrected chi connectivity index (χ3v) is 4.93. The second kappa shape index (κ2) is 8.02. The minimum Gasteiger partial charge on any atom is -0.353 e. The van der Waals surface area contributed by atoms with Gasteiger partial charge in [0, 0.05) is 24.4 Å². The zero-order chi connectivity index (χ0) is 17.6. The van der Waals surface area contributed by atoms with Gasteiger partial charge >= 0.3 is 0 Å². The van der Waals surface area contributed by atoms with E-state index in [9.17, 15) is 9.59 Å². The largest absolute Gasteiger partial charge is 0.353 e. The molecular formula is C18H20N4O2S. The van der Waals surface area contributed by atoms with Crippen molar-refractivity contribution in [2.24, 2.45) is 0 Å². The summed E-state index contributed by atoms with van der Waals surface area (Å²) < 4.78 is 0. The van der Waals surface area contributed by atoms with E-state index in [2.05, 4.69) is 27.2 Å². The van der Waals surface area contributed by atoms with Crippen LogP contribution in [0.3, 0.4) is 0 Å². The molecule has 1 unspecified atom stereocenters. The molecule has 0 saturated heterocycles. The summed E-state index contributed by atoms with van der Waals surface area (Å²) >= 11 is 1.38. The normalized spacial score (nSPS) is 15.9. The van der Waals surface area contributed by atoms with Crippen LogP contribution in [0.5, 0.6) is 0 Å². The summed E-state index contributed by atoms with van der Waals surface area (Å²) in [6, 6.07) is 3.70. The first-order valence-corrected chi connectivity index (χ1v) is 9.13. The Morgan fingerprint density at radius 1 is 1.44 bits per heavy atom. The van der Waals surface area contributed by atoms with E-state index in [1.807, 2.05) is 11.4 Å². The molecule has 6 nitrogen and oxygen atoms in total. The van der Waals surface area contributed by atoms with Crippen molar-refractivity contribution in [3.8, 4) is 0 Å². The number of hydrogen-bond acceptors (Lipinski definition) is 5. The van der Waals surface area contributed by atoms with Gasteiger partial charge in [0.15, 0.2) is 0 Å². The highest BCUT2D eigenvalue weighted by molar-refractivity contribution is 7.12. The van der Waals surface area contributed by atoms with E-state index in [0.717, 1.165) is 24.1 Å². The number of thiophene rings is 1. The van der Waals surface area contributed by atoms with Crippen LogP contribution >= 0.6 is 11.3 Å². The number of anilines is 1. The number of allylic oxidation sites excluding steroid dienone is 1. The fourth-order valence-electron chi connectivity index (χ4n) is 2.79. The molecule has 130 valence electrons. The van der Waals surface area contributed by atoms with Gasteiger partial charge in [0.1, 0.15) is 0 Å². The van der Waals surface area contributed by atoms with E-state index >= 15 is 0 Å². The number of nitrogens with one attached hydrogen (secondary N) is 2. The van der Waals surface area contributed by atoms with Crippen molar-refractivity contribution < 1.29 is 9.59 Å². The number of carbonyl (C=O) groups is 2. The summed E-state index contributed by atoms with van der Waals surface area (Å²) in [6.45, 7) is 3.63. The fraction of sp³-hybridized carbons (Fsp3) is 0.333. The summed E-state index contributed by atoms with van der Waals surface area (Å²) in [6.07, 6.45) is 6.95. The molecule has 2 amide bonds. The topological polar surface area (TPSA) is 84.0 Å². The van der Waals surface area contributed by atoms with Gasteiger partial charge in [0.25, 0.3) is 5.91 Å². The molecule has 0 aromatic carbocycles. The maximum absolute atomic E-state index is 12.1. The Bertz CT molecular complexity index is 773. The average molecular weight is 356 g/mol. The first kappa shape index (κ1) is 17.3. The third-order valence-electron chi connectivity index (χ3n) is 4.06. The van der Waals surface area contributed by atoms with Crippen molar-refractivity contribution in [2.75, 3.05) is 5.32 Å². The van der Waals surface area contributed by atoms with Crippen molar-refractivity contribution in [1.29, 1.82) is 0 Å². The van der Waals surface area contributed by atoms with Crippen LogP contribution in [0.15, 0.2) is 36.4 Å². The Morgan fingerprint density at radius 2 is 2.32 bits per heavy atom. The first-order valence-electron chi connectivity index (χ1n) is 8.25. The van der Waals surface area contributed by atoms with E-state index in [1.165, 1.54) is 11.3 Å². The van der Waals surface area contributed by atoms with E-state index in [1.54, 1.807) is 18.3 Å². The third kappa shape index (κ3) is 4.51. The molecular weight excluding hydrogens is 336 g/mol. The highest BCUT2D eigenvalue weighted by Crippen LogP contribution is 2.21. The lowest BCUT2D eigenvalue weighted by Gasteiger charge is -2.24. The maximum Gasteiger partial charge on any atom is 0.268 e. The second-order valence-corrected chi connectivity index (χ2v) is 6.88. The number of amides is 2. The minimum absolute atomic E-state index is 0.0501. The SMILES string of the molecule is C=CCCC(=O)NC1CCc2nc(NC(=O)c3cccs3)ncc2C1. The number of aryl methyl sites for hydroxylation is 1. The van der Waals surface area contributed by atoms with Crippen molar-refractivity contribution in [3.05, 3.63) is 52.5 Å². The molecule has 25 heavy (non-hydrogen) atoms. The molecule has 7 heteroatoms. The summed E-state index contributed by atoms with van der Waals surface area (Å²) in [5, 5.41) is 7.63. The molecule has 2 heterocycles. The Kier molecular flexibility index (Phi) is 5.55. The lowest BCUT2D eigenvalue weighted by molar-refractivity contribution is -0.121. The molecule has 0 radical (unpaired) electrons. The summed E-state index contributed by atoms with van der Waals surface area (Å²) in [5.74, 6) is 0.179. The van der Waals surface area contributed by atoms with E-state index in [4.69, 9.17) is 0 Å². The fourth-order valence-corrected chi connectivity index (χ4v) is 3.41. The molecule has 0 fully saturated rings. The van der Waals surface area contributed by atoms with E-state index in [0.29, 0.717) is 30.1 Å². The van der Waals surface area contributed by atoms with Crippen molar-refractivity contribution in [1.82, 2.24) is 15.3 Å². The zero-order valence-corrected chi connectivity index (χ0v) is 14.6. The van der Waals surface area contributed by atoms with Gasteiger partial charge in [-0.3, -0.25) is 14.9 Å². The van der Waals surface area contributed by atoms with Gasteiger partial charge in [-0.1, -0.05) is 12.1 Å². The predicted octanol–water partition coefficient (Wildman–Crippen LogP) is 2.73. The number of aromatic nitrogens is 2. The van der Waals surface area contributed by atoms with Crippen molar-refractivity contribution >= 4 is 29.1 Å². The number of fused-ring (bicyclic) bond motifs is 1. The van der Waals surface area contributed by atoms with E-state index in [-0.39, 0.29) is 17.9 Å². The van der Waals surface area contributed by atoms with Crippen molar-refractivity contribution in [2.45, 2.75) is 38.1 Å². The minimum atomic E-state index is -0.196. The van der Waals surface area contributed by atoms with Crippen LogP contribution in [0.2, 0.25) is 0 Å². The lowest BCUT2D eigenvalue weighted by atomic mass is 9.92. The number of nitrogens with zero attached hydrogens (tertiary/aromatic N) is 2. The molecule has 1 aliphatic carbocycles. The van der Waals surface area contributed by atoms with Gasteiger partial charge in [-0.2, -0.15) is 0 Å². The molecule has 0 aliphatic heterocycles. The Hall–Kier alpha value is -2.54. The van der Waals surface area contributed by atoms with Crippen LogP contribution < -0.4 is 10.6 Å². The van der Waals surface area contributed by atoms with Crippen molar-refractivity contribution in [3.63, 3.8) is 0 Å². The van der Waals surface area contributed by atoms with Crippen LogP contribution in [0.1, 0.15) is 40.2 Å². The summed E-state index contributed by atoms with van der Waals surface area (Å²) in [4.78, 5) is 33.2. The van der Waals surface area contributed by atoms with Crippen LogP contribution in [-0.2, 0) is 17.6 Å².